The first kappa shape index (κ1) is 51.1. The number of sulfonamides is 2. The summed E-state index contributed by atoms with van der Waals surface area (Å²) >= 11 is 0. The van der Waals surface area contributed by atoms with Crippen molar-refractivity contribution in [3.63, 3.8) is 0 Å². The molecule has 0 radical (unpaired) electrons. The summed E-state index contributed by atoms with van der Waals surface area (Å²) in [6, 6.07) is 24.5. The highest BCUT2D eigenvalue weighted by Gasteiger charge is 2.30. The van der Waals surface area contributed by atoms with Crippen LogP contribution in [-0.2, 0) is 53.4 Å². The lowest BCUT2D eigenvalue weighted by Gasteiger charge is -2.29. The third-order valence-electron chi connectivity index (χ3n) is 10.8. The predicted octanol–water partition coefficient (Wildman–Crippen LogP) is 4.30. The predicted molar refractivity (Wildman–Crippen MR) is 249 cm³/mol. The minimum absolute atomic E-state index is 0.00346. The standard InChI is InChI=1S/2C23H29N3O6S/c1-16-3-9-20(10-4-16)33(30,31)25-21(15-17(2)23(28)29)22(27)24-18-5-7-19(8-6-18)26-11-13-32-14-12-26;1-17-3-9-20(10-4-17)33(29,30)25-21(11-12-22(27)31-2)23(28)24-18-5-7-19(8-6-18)26-13-15-32-16-14-26/h3-10,17,21,25H,11-15H2,1-2H3,(H,24,27)(H,28,29);3-10,21,25H,11-16H2,1-2H3,(H,24,28)/t17-,21?;21-/m00/s1. The Kier molecular flexibility index (Phi) is 18.6. The van der Waals surface area contributed by atoms with Crippen molar-refractivity contribution in [1.29, 1.82) is 0 Å². The largest absolute Gasteiger partial charge is 0.481 e. The first-order valence-electron chi connectivity index (χ1n) is 21.4. The molecule has 4 aromatic carbocycles. The molecular weight excluding hydrogens is 893 g/mol. The van der Waals surface area contributed by atoms with Crippen LogP contribution in [0.3, 0.4) is 0 Å². The average Bonchev–Trinajstić information content (AvgIpc) is 3.31. The van der Waals surface area contributed by atoms with E-state index in [-0.39, 0.29) is 29.1 Å². The number of esters is 1. The first-order chi connectivity index (χ1) is 31.4. The van der Waals surface area contributed by atoms with Gasteiger partial charge in [-0.2, -0.15) is 9.44 Å². The number of carbonyl (C=O) groups is 4. The number of benzene rings is 4. The van der Waals surface area contributed by atoms with Crippen LogP contribution >= 0.6 is 0 Å². The SMILES string of the molecule is COC(=O)CC[C@H](NS(=O)(=O)c1ccc(C)cc1)C(=O)Nc1ccc(N2CCOCC2)cc1.Cc1ccc(S(=O)(=O)NC(C[C@H](C)C(=O)O)C(=O)Nc2ccc(N3CCOCC3)cc2)cc1. The number of hydrogen-bond donors (Lipinski definition) is 5. The van der Waals surface area contributed by atoms with Crippen LogP contribution in [0.4, 0.5) is 22.7 Å². The Labute approximate surface area is 386 Å². The molecule has 18 nitrogen and oxygen atoms in total. The topological polar surface area (TPSA) is 239 Å². The number of anilines is 4. The number of nitrogens with one attached hydrogen (secondary N) is 4. The van der Waals surface area contributed by atoms with Crippen molar-refractivity contribution in [3.05, 3.63) is 108 Å². The van der Waals surface area contributed by atoms with E-state index in [0.717, 1.165) is 48.7 Å². The second-order valence-electron chi connectivity index (χ2n) is 15.8. The van der Waals surface area contributed by atoms with Crippen LogP contribution < -0.4 is 29.9 Å². The molecule has 3 atom stereocenters. The lowest BCUT2D eigenvalue weighted by Crippen LogP contribution is -2.45. The molecule has 2 amide bonds. The highest BCUT2D eigenvalue weighted by Crippen LogP contribution is 2.22. The van der Waals surface area contributed by atoms with E-state index in [1.54, 1.807) is 48.5 Å². The fourth-order valence-corrected chi connectivity index (χ4v) is 9.27. The van der Waals surface area contributed by atoms with E-state index in [0.29, 0.717) is 37.8 Å². The fraction of sp³-hybridized carbons (Fsp3) is 0.391. The van der Waals surface area contributed by atoms with Gasteiger partial charge >= 0.3 is 11.9 Å². The number of aryl methyl sites for hydroxylation is 2. The van der Waals surface area contributed by atoms with Gasteiger partial charge in [-0.1, -0.05) is 42.3 Å². The van der Waals surface area contributed by atoms with Crippen LogP contribution in [0.5, 0.6) is 0 Å². The Morgan fingerprint density at radius 1 is 0.621 bits per heavy atom. The van der Waals surface area contributed by atoms with Crippen LogP contribution in [-0.4, -0.2) is 117 Å². The van der Waals surface area contributed by atoms with E-state index in [1.165, 1.54) is 38.3 Å². The summed E-state index contributed by atoms with van der Waals surface area (Å²) in [4.78, 5) is 53.3. The molecule has 0 saturated carbocycles. The highest BCUT2D eigenvalue weighted by molar-refractivity contribution is 7.89. The van der Waals surface area contributed by atoms with E-state index >= 15 is 0 Å². The van der Waals surface area contributed by atoms with Crippen molar-refractivity contribution in [2.24, 2.45) is 5.92 Å². The van der Waals surface area contributed by atoms with Crippen LogP contribution in [0.1, 0.15) is 37.3 Å². The van der Waals surface area contributed by atoms with Crippen molar-refractivity contribution in [2.45, 2.75) is 61.9 Å². The Hall–Kier alpha value is -5.90. The van der Waals surface area contributed by atoms with E-state index in [2.05, 4.69) is 34.6 Å². The van der Waals surface area contributed by atoms with Gasteiger partial charge in [-0.15, -0.1) is 0 Å². The second kappa shape index (κ2) is 24.0. The van der Waals surface area contributed by atoms with Gasteiger partial charge in [0.25, 0.3) is 0 Å². The quantitative estimate of drug-likeness (QED) is 0.0875. The second-order valence-corrected chi connectivity index (χ2v) is 19.3. The summed E-state index contributed by atoms with van der Waals surface area (Å²) in [6.07, 6.45) is -0.353. The monoisotopic (exact) mass is 950 g/mol. The summed E-state index contributed by atoms with van der Waals surface area (Å²) in [6.45, 7) is 10.9. The molecule has 2 fully saturated rings. The molecule has 5 N–H and O–H groups in total. The number of nitrogens with zero attached hydrogens (tertiary/aromatic N) is 2. The van der Waals surface area contributed by atoms with E-state index in [4.69, 9.17) is 9.47 Å². The molecular formula is C46H58N6O12S2. The number of ether oxygens (including phenoxy) is 3. The van der Waals surface area contributed by atoms with Crippen LogP contribution in [0.25, 0.3) is 0 Å². The smallest absolute Gasteiger partial charge is 0.306 e. The zero-order valence-corrected chi connectivity index (χ0v) is 39.0. The number of aliphatic carboxylic acids is 1. The molecule has 1 unspecified atom stereocenters. The van der Waals surface area contributed by atoms with Gasteiger partial charge in [0.2, 0.25) is 31.9 Å². The molecule has 2 heterocycles. The lowest BCUT2D eigenvalue weighted by molar-refractivity contribution is -0.142. The molecule has 2 saturated heterocycles. The summed E-state index contributed by atoms with van der Waals surface area (Å²) in [5, 5.41) is 14.7. The fourth-order valence-electron chi connectivity index (χ4n) is 6.83. The van der Waals surface area contributed by atoms with Crippen molar-refractivity contribution in [3.8, 4) is 0 Å². The maximum Gasteiger partial charge on any atom is 0.306 e. The number of carboxylic acid groups (broad SMARTS) is 1. The molecule has 0 aromatic heterocycles. The number of amides is 2. The zero-order valence-electron chi connectivity index (χ0n) is 37.4. The minimum atomic E-state index is -4.03. The van der Waals surface area contributed by atoms with Crippen molar-refractivity contribution in [1.82, 2.24) is 9.44 Å². The Morgan fingerprint density at radius 3 is 1.38 bits per heavy atom. The van der Waals surface area contributed by atoms with Gasteiger partial charge in [-0.05, 0) is 99.5 Å². The molecule has 2 aliphatic rings. The van der Waals surface area contributed by atoms with Crippen LogP contribution in [0.15, 0.2) is 107 Å². The number of carbonyl (C=O) groups excluding carboxylic acids is 3. The van der Waals surface area contributed by atoms with Gasteiger partial charge in [0.15, 0.2) is 0 Å². The van der Waals surface area contributed by atoms with E-state index in [9.17, 15) is 41.1 Å². The molecule has 0 bridgehead atoms. The Morgan fingerprint density at radius 2 is 1.00 bits per heavy atom. The molecule has 2 aliphatic heterocycles. The third-order valence-corrected chi connectivity index (χ3v) is 13.8. The summed E-state index contributed by atoms with van der Waals surface area (Å²) in [5.41, 5.74) is 4.82. The number of morpholine rings is 2. The normalized spacial score (nSPS) is 15.6. The van der Waals surface area contributed by atoms with E-state index in [1.807, 2.05) is 38.1 Å². The van der Waals surface area contributed by atoms with E-state index < -0.39 is 61.8 Å². The molecule has 6 rings (SSSR count). The molecule has 20 heteroatoms. The molecule has 66 heavy (non-hydrogen) atoms. The van der Waals surface area contributed by atoms with Gasteiger partial charge in [0.1, 0.15) is 12.1 Å². The maximum atomic E-state index is 13.0. The summed E-state index contributed by atoms with van der Waals surface area (Å²) < 4.78 is 71.4. The molecule has 0 spiro atoms. The number of hydrogen-bond acceptors (Lipinski definition) is 13. The van der Waals surface area contributed by atoms with Gasteiger partial charge in [0, 0.05) is 55.3 Å². The van der Waals surface area contributed by atoms with Gasteiger partial charge in [-0.3, -0.25) is 19.2 Å². The maximum absolute atomic E-state index is 13.0. The molecule has 356 valence electrons. The van der Waals surface area contributed by atoms with Gasteiger partial charge in [-0.25, -0.2) is 16.8 Å². The zero-order chi connectivity index (χ0) is 47.9. The number of methoxy groups -OCH3 is 1. The molecule has 4 aromatic rings. The van der Waals surface area contributed by atoms with Crippen LogP contribution in [0.2, 0.25) is 0 Å². The first-order valence-corrected chi connectivity index (χ1v) is 24.4. The minimum Gasteiger partial charge on any atom is -0.481 e. The number of rotatable bonds is 18. The number of carboxylic acids is 1. The van der Waals surface area contributed by atoms with Gasteiger partial charge < -0.3 is 39.8 Å². The summed E-state index contributed by atoms with van der Waals surface area (Å²) in [7, 11) is -6.76. The highest BCUT2D eigenvalue weighted by atomic mass is 32.2. The Bertz CT molecular complexity index is 2460. The van der Waals surface area contributed by atoms with Gasteiger partial charge in [0.05, 0.1) is 49.2 Å². The van der Waals surface area contributed by atoms with Crippen molar-refractivity contribution in [2.75, 3.05) is 80.1 Å². The Balaban J connectivity index is 0.000000247. The van der Waals surface area contributed by atoms with Crippen molar-refractivity contribution < 1.29 is 55.3 Å². The van der Waals surface area contributed by atoms with Crippen LogP contribution in [0, 0.1) is 19.8 Å². The summed E-state index contributed by atoms with van der Waals surface area (Å²) in [5.74, 6) is -3.76. The lowest BCUT2D eigenvalue weighted by atomic mass is 10.0. The van der Waals surface area contributed by atoms with Crippen molar-refractivity contribution >= 4 is 66.5 Å². The average molecular weight is 951 g/mol. The molecule has 0 aliphatic carbocycles. The third kappa shape index (κ3) is 15.3.